The standard InChI is InChI=1S/C8H6ClFN4S/c9-4-1-2-6(5(10)3-4)14-7(11)12-13-8(14)15/h1-3H,(H2,11,12)(H,13,15). The summed E-state index contributed by atoms with van der Waals surface area (Å²) in [5, 5.41) is 6.46. The summed E-state index contributed by atoms with van der Waals surface area (Å²) < 4.78 is 15.0. The lowest BCUT2D eigenvalue weighted by Gasteiger charge is -2.04. The van der Waals surface area contributed by atoms with Gasteiger partial charge in [-0.3, -0.25) is 4.57 Å². The van der Waals surface area contributed by atoms with E-state index in [-0.39, 0.29) is 16.4 Å². The molecule has 0 unspecified atom stereocenters. The molecule has 0 bridgehead atoms. The Morgan fingerprint density at radius 2 is 2.27 bits per heavy atom. The molecule has 2 rings (SSSR count). The third kappa shape index (κ3) is 1.73. The molecule has 1 heterocycles. The van der Waals surface area contributed by atoms with Crippen LogP contribution in [0, 0.1) is 10.6 Å². The van der Waals surface area contributed by atoms with Crippen LogP contribution in [-0.4, -0.2) is 14.8 Å². The first-order valence-corrected chi connectivity index (χ1v) is 4.76. The molecule has 0 aliphatic heterocycles. The predicted octanol–water partition coefficient (Wildman–Crippen LogP) is 2.30. The van der Waals surface area contributed by atoms with Gasteiger partial charge in [0, 0.05) is 5.02 Å². The van der Waals surface area contributed by atoms with Crippen LogP contribution in [0.5, 0.6) is 0 Å². The van der Waals surface area contributed by atoms with Crippen molar-refractivity contribution in [1.29, 1.82) is 0 Å². The van der Waals surface area contributed by atoms with E-state index in [0.717, 1.165) is 0 Å². The highest BCUT2D eigenvalue weighted by Crippen LogP contribution is 2.20. The average molecular weight is 245 g/mol. The number of H-pyrrole nitrogens is 1. The summed E-state index contributed by atoms with van der Waals surface area (Å²) in [6.07, 6.45) is 0. The average Bonchev–Trinajstić information content (AvgIpc) is 2.48. The fourth-order valence-electron chi connectivity index (χ4n) is 1.20. The van der Waals surface area contributed by atoms with Crippen LogP contribution < -0.4 is 5.73 Å². The van der Waals surface area contributed by atoms with Crippen LogP contribution in [0.3, 0.4) is 0 Å². The number of nitrogens with one attached hydrogen (secondary N) is 1. The Morgan fingerprint density at radius 3 is 2.80 bits per heavy atom. The number of rotatable bonds is 1. The van der Waals surface area contributed by atoms with Gasteiger partial charge in [-0.05, 0) is 30.4 Å². The first-order valence-electron chi connectivity index (χ1n) is 3.98. The van der Waals surface area contributed by atoms with Gasteiger partial charge in [-0.2, -0.15) is 0 Å². The van der Waals surface area contributed by atoms with E-state index in [1.807, 2.05) is 0 Å². The molecule has 0 aliphatic carbocycles. The Bertz CT molecular complexity index is 562. The van der Waals surface area contributed by atoms with Crippen LogP contribution in [0.4, 0.5) is 10.3 Å². The monoisotopic (exact) mass is 244 g/mol. The highest BCUT2D eigenvalue weighted by molar-refractivity contribution is 7.71. The molecule has 0 atom stereocenters. The third-order valence-electron chi connectivity index (χ3n) is 1.85. The Kier molecular flexibility index (Phi) is 2.45. The van der Waals surface area contributed by atoms with Crippen molar-refractivity contribution < 1.29 is 4.39 Å². The highest BCUT2D eigenvalue weighted by Gasteiger charge is 2.09. The second-order valence-electron chi connectivity index (χ2n) is 2.82. The molecule has 1 aromatic heterocycles. The van der Waals surface area contributed by atoms with Gasteiger partial charge in [-0.1, -0.05) is 11.6 Å². The maximum atomic E-state index is 13.5. The van der Waals surface area contributed by atoms with E-state index in [4.69, 9.17) is 29.6 Å². The van der Waals surface area contributed by atoms with Crippen molar-refractivity contribution in [3.05, 3.63) is 33.8 Å². The van der Waals surface area contributed by atoms with Crippen molar-refractivity contribution in [2.75, 3.05) is 5.73 Å². The molecular formula is C8H6ClFN4S. The van der Waals surface area contributed by atoms with E-state index in [2.05, 4.69) is 10.2 Å². The van der Waals surface area contributed by atoms with E-state index in [1.165, 1.54) is 16.7 Å². The van der Waals surface area contributed by atoms with Gasteiger partial charge in [0.2, 0.25) is 10.7 Å². The van der Waals surface area contributed by atoms with Crippen molar-refractivity contribution >= 4 is 29.8 Å². The van der Waals surface area contributed by atoms with E-state index < -0.39 is 5.82 Å². The lowest BCUT2D eigenvalue weighted by molar-refractivity contribution is 0.618. The van der Waals surface area contributed by atoms with Crippen LogP contribution >= 0.6 is 23.8 Å². The molecule has 4 nitrogen and oxygen atoms in total. The molecule has 0 amide bonds. The van der Waals surface area contributed by atoms with Crippen molar-refractivity contribution in [2.45, 2.75) is 0 Å². The van der Waals surface area contributed by atoms with Gasteiger partial charge in [-0.15, -0.1) is 5.10 Å². The maximum absolute atomic E-state index is 13.5. The Morgan fingerprint density at radius 1 is 1.53 bits per heavy atom. The number of aromatic amines is 1. The maximum Gasteiger partial charge on any atom is 0.225 e. The zero-order chi connectivity index (χ0) is 11.0. The Labute approximate surface area is 94.5 Å². The second kappa shape index (κ2) is 3.63. The van der Waals surface area contributed by atoms with Crippen LogP contribution in [-0.2, 0) is 0 Å². The molecule has 0 aliphatic rings. The van der Waals surface area contributed by atoms with Gasteiger partial charge in [0.15, 0.2) is 0 Å². The molecular weight excluding hydrogens is 239 g/mol. The lowest BCUT2D eigenvalue weighted by atomic mass is 10.3. The normalized spacial score (nSPS) is 10.5. The zero-order valence-corrected chi connectivity index (χ0v) is 8.94. The summed E-state index contributed by atoms with van der Waals surface area (Å²) in [5.74, 6) is -0.409. The Hall–Kier alpha value is -1.40. The molecule has 15 heavy (non-hydrogen) atoms. The molecule has 1 aromatic carbocycles. The van der Waals surface area contributed by atoms with E-state index in [0.29, 0.717) is 5.02 Å². The Balaban J connectivity index is 2.69. The first kappa shape index (κ1) is 10.1. The predicted molar refractivity (Wildman–Crippen MR) is 58.1 cm³/mol. The summed E-state index contributed by atoms with van der Waals surface area (Å²) in [6, 6.07) is 4.22. The van der Waals surface area contributed by atoms with Gasteiger partial charge in [0.05, 0.1) is 5.69 Å². The van der Waals surface area contributed by atoms with E-state index >= 15 is 0 Å². The smallest absolute Gasteiger partial charge is 0.225 e. The van der Waals surface area contributed by atoms with Crippen molar-refractivity contribution in [3.8, 4) is 5.69 Å². The van der Waals surface area contributed by atoms with Crippen molar-refractivity contribution in [3.63, 3.8) is 0 Å². The van der Waals surface area contributed by atoms with Crippen LogP contribution in [0.2, 0.25) is 5.02 Å². The topological polar surface area (TPSA) is 59.6 Å². The minimum Gasteiger partial charge on any atom is -0.368 e. The van der Waals surface area contributed by atoms with Gasteiger partial charge >= 0.3 is 0 Å². The molecule has 0 radical (unpaired) electrons. The fraction of sp³-hybridized carbons (Fsp3) is 0. The molecule has 0 fully saturated rings. The van der Waals surface area contributed by atoms with Crippen LogP contribution in [0.15, 0.2) is 18.2 Å². The van der Waals surface area contributed by atoms with E-state index in [9.17, 15) is 4.39 Å². The summed E-state index contributed by atoms with van der Waals surface area (Å²) in [7, 11) is 0. The molecule has 78 valence electrons. The number of nitrogens with two attached hydrogens (primary N) is 1. The lowest BCUT2D eigenvalue weighted by Crippen LogP contribution is -2.02. The van der Waals surface area contributed by atoms with Gasteiger partial charge in [-0.25, -0.2) is 9.49 Å². The fourth-order valence-corrected chi connectivity index (χ4v) is 1.60. The van der Waals surface area contributed by atoms with Crippen molar-refractivity contribution in [2.24, 2.45) is 0 Å². The number of nitrogen functional groups attached to an aromatic ring is 1. The number of halogens is 2. The number of benzene rings is 1. The molecule has 2 aromatic rings. The SMILES string of the molecule is Nc1n[nH]c(=S)n1-c1ccc(Cl)cc1F. The molecule has 7 heteroatoms. The summed E-state index contributed by atoms with van der Waals surface area (Å²) >= 11 is 10.5. The molecule has 0 saturated carbocycles. The summed E-state index contributed by atoms with van der Waals surface area (Å²) in [6.45, 7) is 0. The number of hydrogen-bond donors (Lipinski definition) is 2. The number of anilines is 1. The van der Waals surface area contributed by atoms with Gasteiger partial charge in [0.25, 0.3) is 0 Å². The van der Waals surface area contributed by atoms with Gasteiger partial charge < -0.3 is 5.73 Å². The van der Waals surface area contributed by atoms with Crippen molar-refractivity contribution in [1.82, 2.24) is 14.8 Å². The number of hydrogen-bond acceptors (Lipinski definition) is 3. The number of aromatic nitrogens is 3. The molecule has 0 saturated heterocycles. The van der Waals surface area contributed by atoms with E-state index in [1.54, 1.807) is 6.07 Å². The first-order chi connectivity index (χ1) is 7.09. The third-order valence-corrected chi connectivity index (χ3v) is 2.36. The van der Waals surface area contributed by atoms with Crippen LogP contribution in [0.1, 0.15) is 0 Å². The zero-order valence-electron chi connectivity index (χ0n) is 7.37. The highest BCUT2D eigenvalue weighted by atomic mass is 35.5. The quantitative estimate of drug-likeness (QED) is 0.757. The summed E-state index contributed by atoms with van der Waals surface area (Å²) in [4.78, 5) is 0. The number of nitrogens with zero attached hydrogens (tertiary/aromatic N) is 2. The molecule has 0 spiro atoms. The minimum atomic E-state index is -0.508. The summed E-state index contributed by atoms with van der Waals surface area (Å²) in [5.41, 5.74) is 5.75. The van der Waals surface area contributed by atoms with Crippen LogP contribution in [0.25, 0.3) is 5.69 Å². The minimum absolute atomic E-state index is 0.0984. The molecule has 3 N–H and O–H groups in total. The largest absolute Gasteiger partial charge is 0.368 e. The van der Waals surface area contributed by atoms with Gasteiger partial charge in [0.1, 0.15) is 5.82 Å². The second-order valence-corrected chi connectivity index (χ2v) is 3.64.